The number of carbonyl (C=O) groups is 3. The summed E-state index contributed by atoms with van der Waals surface area (Å²) in [5.41, 5.74) is 14.6. The van der Waals surface area contributed by atoms with Gasteiger partial charge in [-0.2, -0.15) is 0 Å². The van der Waals surface area contributed by atoms with Crippen molar-refractivity contribution in [3.63, 3.8) is 0 Å². The van der Waals surface area contributed by atoms with Gasteiger partial charge in [0.2, 0.25) is 17.8 Å². The Hall–Kier alpha value is -2.11. The van der Waals surface area contributed by atoms with Crippen LogP contribution in [0.1, 0.15) is 26.2 Å². The molecule has 0 aromatic heterocycles. The Balaban J connectivity index is 0. The molecule has 13 heteroatoms. The third-order valence-corrected chi connectivity index (χ3v) is 4.18. The van der Waals surface area contributed by atoms with E-state index >= 15 is 0 Å². The molecule has 162 valence electrons. The van der Waals surface area contributed by atoms with Crippen molar-refractivity contribution in [3.05, 3.63) is 0 Å². The summed E-state index contributed by atoms with van der Waals surface area (Å²) in [6.07, 6.45) is 1.73. The van der Waals surface area contributed by atoms with E-state index in [0.29, 0.717) is 6.54 Å². The van der Waals surface area contributed by atoms with Gasteiger partial charge in [-0.3, -0.25) is 41.1 Å². The number of nitrogens with one attached hydrogen (secondary N) is 2. The molecule has 1 aliphatic heterocycles. The van der Waals surface area contributed by atoms with Gasteiger partial charge in [-0.05, 0) is 6.42 Å². The molecule has 0 aromatic rings. The Kier molecular flexibility index (Phi) is 13.2. The summed E-state index contributed by atoms with van der Waals surface area (Å²) in [7, 11) is 3.09. The SMILES string of the molecule is CC(=O)N(C)C1=NCC(N(C)C(=O)C[C@@H]([NH3+])CCC[NH+]=C(N)N)C(=O)N1.[Cl-].[Cl-]. The van der Waals surface area contributed by atoms with Crippen LogP contribution >= 0.6 is 0 Å². The highest BCUT2D eigenvalue weighted by Gasteiger charge is 2.32. The minimum atomic E-state index is -0.702. The van der Waals surface area contributed by atoms with Gasteiger partial charge in [0.05, 0.1) is 25.6 Å². The van der Waals surface area contributed by atoms with E-state index in [1.807, 2.05) is 0 Å². The molecule has 28 heavy (non-hydrogen) atoms. The second-order valence-electron chi connectivity index (χ2n) is 6.35. The van der Waals surface area contributed by atoms with Crippen molar-refractivity contribution in [1.29, 1.82) is 0 Å². The highest BCUT2D eigenvalue weighted by Crippen LogP contribution is 2.08. The number of nitrogens with two attached hydrogens (primary N) is 2. The summed E-state index contributed by atoms with van der Waals surface area (Å²) < 4.78 is 0. The van der Waals surface area contributed by atoms with Crippen LogP contribution in [-0.4, -0.2) is 78.7 Å². The summed E-state index contributed by atoms with van der Waals surface area (Å²) in [5.74, 6) is -0.423. The van der Waals surface area contributed by atoms with E-state index in [0.717, 1.165) is 12.8 Å². The molecule has 2 atom stereocenters. The fourth-order valence-corrected chi connectivity index (χ4v) is 2.42. The molecule has 9 N–H and O–H groups in total. The number of aliphatic imine (C=N–C) groups is 1. The Labute approximate surface area is 177 Å². The molecular formula is C15H30Cl2N8O3. The number of likely N-dealkylation sites (N-methyl/N-ethyl adjacent to an activating group) is 1. The van der Waals surface area contributed by atoms with Crippen LogP contribution in [0.3, 0.4) is 0 Å². The van der Waals surface area contributed by atoms with Crippen LogP contribution in [0.2, 0.25) is 0 Å². The van der Waals surface area contributed by atoms with Gasteiger partial charge in [-0.25, -0.2) is 4.99 Å². The van der Waals surface area contributed by atoms with Gasteiger partial charge in [0.15, 0.2) is 0 Å². The minimum Gasteiger partial charge on any atom is -1.00 e. The standard InChI is InChI=1S/C15H28N8O3.2ClH/c1-9(24)22(2)15-20-8-11(13(26)21-15)23(3)12(25)7-10(16)5-4-6-19-14(17)18;;/h10-11H,4-8,16H2,1-3H3,(H4,17,18,19)(H,20,21,26);2*1H/t10-,11?;;/m0../s1. The van der Waals surface area contributed by atoms with E-state index < -0.39 is 6.04 Å². The summed E-state index contributed by atoms with van der Waals surface area (Å²) in [6.45, 7) is 2.10. The Bertz CT molecular complexity index is 610. The number of rotatable bonds is 7. The van der Waals surface area contributed by atoms with Gasteiger partial charge in [0.25, 0.3) is 5.91 Å². The van der Waals surface area contributed by atoms with Crippen molar-refractivity contribution < 1.29 is 49.9 Å². The number of amides is 3. The van der Waals surface area contributed by atoms with Crippen LogP contribution in [0, 0.1) is 0 Å². The van der Waals surface area contributed by atoms with Crippen LogP contribution in [0.15, 0.2) is 4.99 Å². The zero-order chi connectivity index (χ0) is 19.9. The number of carbonyl (C=O) groups excluding carboxylic acids is 3. The number of guanidine groups is 2. The van der Waals surface area contributed by atoms with Crippen LogP contribution in [-0.2, 0) is 14.4 Å². The molecular weight excluding hydrogens is 411 g/mol. The molecule has 0 aliphatic carbocycles. The number of quaternary nitrogens is 1. The van der Waals surface area contributed by atoms with Gasteiger partial charge < -0.3 is 35.4 Å². The average Bonchev–Trinajstić information content (AvgIpc) is 2.57. The Morgan fingerprint density at radius 1 is 1.36 bits per heavy atom. The number of halogens is 2. The highest BCUT2D eigenvalue weighted by molar-refractivity contribution is 6.07. The maximum atomic E-state index is 12.4. The Morgan fingerprint density at radius 3 is 2.46 bits per heavy atom. The fourth-order valence-electron chi connectivity index (χ4n) is 2.42. The van der Waals surface area contributed by atoms with Gasteiger partial charge in [-0.15, -0.1) is 0 Å². The Morgan fingerprint density at radius 2 is 1.96 bits per heavy atom. The van der Waals surface area contributed by atoms with Gasteiger partial charge >= 0.3 is 5.96 Å². The molecule has 0 spiro atoms. The highest BCUT2D eigenvalue weighted by atomic mass is 35.5. The monoisotopic (exact) mass is 440 g/mol. The maximum Gasteiger partial charge on any atom is 0.338 e. The molecule has 1 rings (SSSR count). The molecule has 0 saturated heterocycles. The van der Waals surface area contributed by atoms with Gasteiger partial charge in [0.1, 0.15) is 6.04 Å². The second-order valence-corrected chi connectivity index (χ2v) is 6.35. The van der Waals surface area contributed by atoms with Crippen LogP contribution in [0.25, 0.3) is 0 Å². The first-order chi connectivity index (χ1) is 12.1. The van der Waals surface area contributed by atoms with Crippen molar-refractivity contribution in [2.24, 2.45) is 16.5 Å². The van der Waals surface area contributed by atoms with Crippen LogP contribution in [0.5, 0.6) is 0 Å². The fraction of sp³-hybridized carbons (Fsp3) is 0.667. The molecule has 0 fully saturated rings. The van der Waals surface area contributed by atoms with E-state index in [-0.39, 0.29) is 73.5 Å². The topological polar surface area (TPSA) is 176 Å². The van der Waals surface area contributed by atoms with Crippen LogP contribution in [0.4, 0.5) is 0 Å². The van der Waals surface area contributed by atoms with Crippen molar-refractivity contribution >= 4 is 29.6 Å². The predicted octanol–water partition coefficient (Wildman–Crippen LogP) is -11.1. The molecule has 0 aromatic carbocycles. The quantitative estimate of drug-likeness (QED) is 0.149. The molecule has 1 aliphatic rings. The second kappa shape index (κ2) is 13.1. The van der Waals surface area contributed by atoms with Crippen LogP contribution < -0.4 is 52.3 Å². The minimum absolute atomic E-state index is 0. The lowest BCUT2D eigenvalue weighted by Gasteiger charge is -2.31. The van der Waals surface area contributed by atoms with E-state index in [1.165, 1.54) is 23.8 Å². The molecule has 0 saturated carbocycles. The largest absolute Gasteiger partial charge is 1.00 e. The third-order valence-electron chi connectivity index (χ3n) is 4.18. The number of hydrogen-bond acceptors (Lipinski definition) is 4. The summed E-state index contributed by atoms with van der Waals surface area (Å²) >= 11 is 0. The van der Waals surface area contributed by atoms with Crippen molar-refractivity contribution in [1.82, 2.24) is 15.1 Å². The van der Waals surface area contributed by atoms with E-state index in [9.17, 15) is 14.4 Å². The first kappa shape index (κ1) is 28.1. The van der Waals surface area contributed by atoms with Gasteiger partial charge in [-0.1, -0.05) is 0 Å². The first-order valence-electron chi connectivity index (χ1n) is 8.43. The molecule has 1 heterocycles. The van der Waals surface area contributed by atoms with Crippen molar-refractivity contribution in [2.45, 2.75) is 38.3 Å². The zero-order valence-electron chi connectivity index (χ0n) is 16.4. The van der Waals surface area contributed by atoms with E-state index in [1.54, 1.807) is 7.05 Å². The lowest BCUT2D eigenvalue weighted by Crippen LogP contribution is -3.00. The molecule has 1 unspecified atom stereocenters. The maximum absolute atomic E-state index is 12.4. The molecule has 3 amide bonds. The predicted molar refractivity (Wildman–Crippen MR) is 95.2 cm³/mol. The smallest absolute Gasteiger partial charge is 0.338 e. The summed E-state index contributed by atoms with van der Waals surface area (Å²) in [6, 6.07) is -0.785. The summed E-state index contributed by atoms with van der Waals surface area (Å²) in [4.78, 5) is 45.6. The van der Waals surface area contributed by atoms with Crippen molar-refractivity contribution in [3.8, 4) is 0 Å². The van der Waals surface area contributed by atoms with Crippen molar-refractivity contribution in [2.75, 3.05) is 27.2 Å². The van der Waals surface area contributed by atoms with E-state index in [4.69, 9.17) is 11.5 Å². The summed E-state index contributed by atoms with van der Waals surface area (Å²) in [5, 5.41) is 2.56. The normalized spacial score (nSPS) is 16.4. The third kappa shape index (κ3) is 8.72. The number of hydrogen-bond donors (Lipinski definition) is 5. The molecule has 0 bridgehead atoms. The molecule has 0 radical (unpaired) electrons. The average molecular weight is 441 g/mol. The first-order valence-corrected chi connectivity index (χ1v) is 8.43. The van der Waals surface area contributed by atoms with Gasteiger partial charge in [0, 0.05) is 27.4 Å². The number of nitrogens with zero attached hydrogens (tertiary/aromatic N) is 3. The lowest BCUT2D eigenvalue weighted by molar-refractivity contribution is -0.465. The lowest BCUT2D eigenvalue weighted by atomic mass is 10.1. The van der Waals surface area contributed by atoms with E-state index in [2.05, 4.69) is 21.0 Å². The zero-order valence-corrected chi connectivity index (χ0v) is 17.9. The molecule has 11 nitrogen and oxygen atoms in total.